The molecule has 1 aromatic carbocycles. The van der Waals surface area contributed by atoms with E-state index in [9.17, 15) is 10.1 Å². The molecule has 1 N–H and O–H groups in total. The number of nitriles is 1. The van der Waals surface area contributed by atoms with Crippen LogP contribution in [0.15, 0.2) is 40.2 Å². The number of benzene rings is 1. The molecule has 3 heterocycles. The second kappa shape index (κ2) is 8.05. The summed E-state index contributed by atoms with van der Waals surface area (Å²) >= 11 is 2.95. The number of fused-ring (bicyclic) bond motifs is 1. The van der Waals surface area contributed by atoms with E-state index < -0.39 is 0 Å². The molecule has 0 atom stereocenters. The number of hydrogen-bond donors (Lipinski definition) is 1. The van der Waals surface area contributed by atoms with Crippen LogP contribution in [0.5, 0.6) is 0 Å². The Morgan fingerprint density at radius 1 is 1.13 bits per heavy atom. The fourth-order valence-corrected chi connectivity index (χ4v) is 5.51. The number of aryl methyl sites for hydroxylation is 4. The zero-order chi connectivity index (χ0) is 21.4. The maximum Gasteiger partial charge on any atom is 0.260 e. The van der Waals surface area contributed by atoms with Crippen molar-refractivity contribution in [3.05, 3.63) is 73.8 Å². The Morgan fingerprint density at radius 2 is 1.87 bits per heavy atom. The summed E-state index contributed by atoms with van der Waals surface area (Å²) in [4.78, 5) is 26.9. The van der Waals surface area contributed by atoms with Gasteiger partial charge in [0.2, 0.25) is 0 Å². The first-order valence-electron chi connectivity index (χ1n) is 9.48. The summed E-state index contributed by atoms with van der Waals surface area (Å²) in [6.07, 6.45) is 0. The number of H-pyrrole nitrogens is 1. The SMILES string of the molecule is Cc1ccc(-c2c(C)sc3nc(CSc4nc(C)cc(C)c4C#N)[nH]c(=O)c23)cc1. The number of thiophene rings is 1. The molecule has 5 nitrogen and oxygen atoms in total. The van der Waals surface area contributed by atoms with E-state index >= 15 is 0 Å². The third-order valence-electron chi connectivity index (χ3n) is 4.90. The molecule has 0 amide bonds. The minimum Gasteiger partial charge on any atom is -0.309 e. The number of nitrogens with one attached hydrogen (secondary N) is 1. The minimum absolute atomic E-state index is 0.135. The topological polar surface area (TPSA) is 82.4 Å². The van der Waals surface area contributed by atoms with Gasteiger partial charge >= 0.3 is 0 Å². The first kappa shape index (κ1) is 20.3. The lowest BCUT2D eigenvalue weighted by Crippen LogP contribution is -2.11. The Balaban J connectivity index is 1.71. The highest BCUT2D eigenvalue weighted by molar-refractivity contribution is 7.98. The van der Waals surface area contributed by atoms with Gasteiger partial charge in [0.05, 0.1) is 16.7 Å². The quantitative estimate of drug-likeness (QED) is 0.434. The van der Waals surface area contributed by atoms with Crippen molar-refractivity contribution in [1.29, 1.82) is 5.26 Å². The fraction of sp³-hybridized carbons (Fsp3) is 0.217. The molecule has 0 aliphatic carbocycles. The van der Waals surface area contributed by atoms with Crippen LogP contribution in [-0.4, -0.2) is 15.0 Å². The lowest BCUT2D eigenvalue weighted by Gasteiger charge is -2.07. The number of aromatic amines is 1. The molecular formula is C23H20N4OS2. The summed E-state index contributed by atoms with van der Waals surface area (Å²) in [5.74, 6) is 1.02. The Labute approximate surface area is 182 Å². The van der Waals surface area contributed by atoms with E-state index in [0.29, 0.717) is 27.6 Å². The number of hydrogen-bond acceptors (Lipinski definition) is 6. The molecule has 0 aliphatic heterocycles. The summed E-state index contributed by atoms with van der Waals surface area (Å²) in [7, 11) is 0. The van der Waals surface area contributed by atoms with Gasteiger partial charge in [-0.3, -0.25) is 4.79 Å². The van der Waals surface area contributed by atoms with Crippen LogP contribution >= 0.6 is 23.1 Å². The maximum atomic E-state index is 13.0. The molecule has 4 rings (SSSR count). The van der Waals surface area contributed by atoms with Crippen LogP contribution in [0.2, 0.25) is 0 Å². The van der Waals surface area contributed by atoms with E-state index in [1.165, 1.54) is 28.7 Å². The number of thioether (sulfide) groups is 1. The zero-order valence-corrected chi connectivity index (χ0v) is 18.8. The highest BCUT2D eigenvalue weighted by Crippen LogP contribution is 2.36. The summed E-state index contributed by atoms with van der Waals surface area (Å²) in [6.45, 7) is 7.88. The lowest BCUT2D eigenvalue weighted by molar-refractivity contribution is 1.01. The minimum atomic E-state index is -0.135. The van der Waals surface area contributed by atoms with Crippen LogP contribution in [0.25, 0.3) is 21.3 Å². The monoisotopic (exact) mass is 432 g/mol. The van der Waals surface area contributed by atoms with Crippen LogP contribution in [0.1, 0.15) is 33.1 Å². The molecule has 0 aliphatic rings. The largest absolute Gasteiger partial charge is 0.309 e. The number of pyridine rings is 1. The third kappa shape index (κ3) is 3.76. The van der Waals surface area contributed by atoms with E-state index in [1.54, 1.807) is 0 Å². The van der Waals surface area contributed by atoms with Crippen molar-refractivity contribution in [2.75, 3.05) is 0 Å². The van der Waals surface area contributed by atoms with Gasteiger partial charge in [0.25, 0.3) is 5.56 Å². The van der Waals surface area contributed by atoms with Crippen molar-refractivity contribution in [2.45, 2.75) is 38.5 Å². The molecule has 150 valence electrons. The Kier molecular flexibility index (Phi) is 5.46. The summed E-state index contributed by atoms with van der Waals surface area (Å²) < 4.78 is 0. The third-order valence-corrected chi connectivity index (χ3v) is 6.88. The molecule has 0 saturated carbocycles. The van der Waals surface area contributed by atoms with Gasteiger partial charge in [0.1, 0.15) is 21.7 Å². The van der Waals surface area contributed by atoms with Gasteiger partial charge in [-0.25, -0.2) is 9.97 Å². The molecule has 0 radical (unpaired) electrons. The van der Waals surface area contributed by atoms with Gasteiger partial charge in [-0.1, -0.05) is 41.6 Å². The highest BCUT2D eigenvalue weighted by atomic mass is 32.2. The van der Waals surface area contributed by atoms with Crippen LogP contribution in [0, 0.1) is 39.0 Å². The van der Waals surface area contributed by atoms with Gasteiger partial charge in [-0.15, -0.1) is 11.3 Å². The smallest absolute Gasteiger partial charge is 0.260 e. The van der Waals surface area contributed by atoms with Gasteiger partial charge in [-0.05, 0) is 44.9 Å². The van der Waals surface area contributed by atoms with Crippen LogP contribution < -0.4 is 5.56 Å². The second-order valence-corrected chi connectivity index (χ2v) is 9.42. The molecule has 0 unspecified atom stereocenters. The van der Waals surface area contributed by atoms with Crippen molar-refractivity contribution in [3.63, 3.8) is 0 Å². The molecule has 4 aromatic rings. The van der Waals surface area contributed by atoms with Crippen LogP contribution in [-0.2, 0) is 5.75 Å². The van der Waals surface area contributed by atoms with E-state index in [4.69, 9.17) is 4.98 Å². The number of rotatable bonds is 4. The second-order valence-electron chi connectivity index (χ2n) is 7.25. The van der Waals surface area contributed by atoms with Crippen LogP contribution in [0.3, 0.4) is 0 Å². The van der Waals surface area contributed by atoms with Gasteiger partial charge in [0.15, 0.2) is 0 Å². The number of nitrogens with zero attached hydrogens (tertiary/aromatic N) is 3. The molecular weight excluding hydrogens is 412 g/mol. The van der Waals surface area contributed by atoms with Crippen molar-refractivity contribution in [2.24, 2.45) is 0 Å². The van der Waals surface area contributed by atoms with E-state index in [2.05, 4.69) is 28.2 Å². The first-order valence-corrected chi connectivity index (χ1v) is 11.3. The molecule has 0 spiro atoms. The van der Waals surface area contributed by atoms with E-state index in [1.807, 2.05) is 45.9 Å². The average Bonchev–Trinajstić information content (AvgIpc) is 3.03. The van der Waals surface area contributed by atoms with Crippen LogP contribution in [0.4, 0.5) is 0 Å². The zero-order valence-electron chi connectivity index (χ0n) is 17.2. The standard InChI is InChI=1S/C23H20N4OS2/c1-12-5-7-16(8-6-12)19-15(4)30-23-20(19)21(28)26-18(27-23)11-29-22-17(10-24)13(2)9-14(3)25-22/h5-9H,11H2,1-4H3,(H,26,27,28). The first-order chi connectivity index (χ1) is 14.4. The van der Waals surface area contributed by atoms with Gasteiger partial charge in [-0.2, -0.15) is 5.26 Å². The summed E-state index contributed by atoms with van der Waals surface area (Å²) in [5, 5.41) is 10.8. The van der Waals surface area contributed by atoms with Crippen molar-refractivity contribution >= 4 is 33.3 Å². The molecule has 7 heteroatoms. The van der Waals surface area contributed by atoms with Crippen molar-refractivity contribution < 1.29 is 0 Å². The Bertz CT molecular complexity index is 1360. The Morgan fingerprint density at radius 3 is 2.57 bits per heavy atom. The average molecular weight is 433 g/mol. The molecule has 0 bridgehead atoms. The normalized spacial score (nSPS) is 11.0. The Hall–Kier alpha value is -2.95. The molecule has 0 fully saturated rings. The lowest BCUT2D eigenvalue weighted by atomic mass is 10.0. The summed E-state index contributed by atoms with van der Waals surface area (Å²) in [6, 6.07) is 12.3. The maximum absolute atomic E-state index is 13.0. The molecule has 30 heavy (non-hydrogen) atoms. The highest BCUT2D eigenvalue weighted by Gasteiger charge is 2.17. The van der Waals surface area contributed by atoms with E-state index in [-0.39, 0.29) is 5.56 Å². The van der Waals surface area contributed by atoms with Gasteiger partial charge < -0.3 is 4.98 Å². The van der Waals surface area contributed by atoms with Crippen molar-refractivity contribution in [1.82, 2.24) is 15.0 Å². The number of aromatic nitrogens is 3. The van der Waals surface area contributed by atoms with Gasteiger partial charge in [0, 0.05) is 16.1 Å². The fourth-order valence-electron chi connectivity index (χ4n) is 3.48. The predicted molar refractivity (Wildman–Crippen MR) is 123 cm³/mol. The predicted octanol–water partition coefficient (Wildman–Crippen LogP) is 5.44. The molecule has 3 aromatic heterocycles. The van der Waals surface area contributed by atoms with E-state index in [0.717, 1.165) is 32.1 Å². The summed E-state index contributed by atoms with van der Waals surface area (Å²) in [5.41, 5.74) is 5.36. The van der Waals surface area contributed by atoms with Crippen molar-refractivity contribution in [3.8, 4) is 17.2 Å². The molecule has 0 saturated heterocycles.